The van der Waals surface area contributed by atoms with Gasteiger partial charge < -0.3 is 15.4 Å². The predicted molar refractivity (Wildman–Crippen MR) is 108 cm³/mol. The third kappa shape index (κ3) is 7.57. The molecule has 0 aliphatic heterocycles. The number of carbonyl (C=O) groups is 4. The lowest BCUT2D eigenvalue weighted by Crippen LogP contribution is -2.32. The summed E-state index contributed by atoms with van der Waals surface area (Å²) >= 11 is 0. The van der Waals surface area contributed by atoms with Crippen LogP contribution in [0.3, 0.4) is 0 Å². The van der Waals surface area contributed by atoms with E-state index in [0.717, 1.165) is 5.56 Å². The van der Waals surface area contributed by atoms with Gasteiger partial charge in [-0.1, -0.05) is 30.3 Å². The highest BCUT2D eigenvalue weighted by molar-refractivity contribution is 5.97. The molecule has 7 nitrogen and oxygen atoms in total. The molecule has 0 bridgehead atoms. The van der Waals surface area contributed by atoms with E-state index in [4.69, 9.17) is 4.74 Å². The highest BCUT2D eigenvalue weighted by Gasteiger charge is 2.18. The van der Waals surface area contributed by atoms with Crippen LogP contribution in [0.2, 0.25) is 0 Å². The van der Waals surface area contributed by atoms with Gasteiger partial charge in [-0.3, -0.25) is 19.2 Å². The normalized spacial score (nSPS) is 11.2. The highest BCUT2D eigenvalue weighted by atomic mass is 16.5. The summed E-state index contributed by atoms with van der Waals surface area (Å²) in [5, 5.41) is 5.27. The second-order valence-corrected chi connectivity index (χ2v) is 6.52. The summed E-state index contributed by atoms with van der Waals surface area (Å²) < 4.78 is 5.09. The van der Waals surface area contributed by atoms with Gasteiger partial charge in [-0.25, -0.2) is 0 Å². The average molecular weight is 396 g/mol. The van der Waals surface area contributed by atoms with Crippen molar-refractivity contribution in [2.24, 2.45) is 0 Å². The standard InChI is InChI=1S/C22H24N2O5/c1-15(25)18-8-10-19(11-9-18)24-22(28)16(2)29-21(27)12-13-23-20(26)14-17-6-4-3-5-7-17/h3-11,16H,12-14H2,1-2H3,(H,23,26)(H,24,28). The van der Waals surface area contributed by atoms with E-state index in [9.17, 15) is 19.2 Å². The summed E-state index contributed by atoms with van der Waals surface area (Å²) in [4.78, 5) is 47.1. The van der Waals surface area contributed by atoms with Crippen LogP contribution in [0.15, 0.2) is 54.6 Å². The van der Waals surface area contributed by atoms with Gasteiger partial charge in [-0.2, -0.15) is 0 Å². The van der Waals surface area contributed by atoms with Gasteiger partial charge >= 0.3 is 5.97 Å². The van der Waals surface area contributed by atoms with Gasteiger partial charge in [0.15, 0.2) is 11.9 Å². The molecule has 0 fully saturated rings. The fourth-order valence-electron chi connectivity index (χ4n) is 2.49. The molecule has 2 N–H and O–H groups in total. The number of Topliss-reactive ketones (excluding diaryl/α,β-unsaturated/α-hetero) is 1. The first-order valence-electron chi connectivity index (χ1n) is 9.27. The lowest BCUT2D eigenvalue weighted by Gasteiger charge is -2.14. The van der Waals surface area contributed by atoms with Gasteiger partial charge in [0.1, 0.15) is 0 Å². The summed E-state index contributed by atoms with van der Waals surface area (Å²) in [7, 11) is 0. The topological polar surface area (TPSA) is 102 Å². The molecule has 0 saturated carbocycles. The van der Waals surface area contributed by atoms with Crippen molar-refractivity contribution in [1.82, 2.24) is 5.32 Å². The minimum absolute atomic E-state index is 0.0363. The molecule has 2 aromatic rings. The molecular weight excluding hydrogens is 372 g/mol. The Morgan fingerprint density at radius 3 is 2.24 bits per heavy atom. The Balaban J connectivity index is 1.70. The maximum atomic E-state index is 12.1. The Kier molecular flexibility index (Phi) is 8.09. The highest BCUT2D eigenvalue weighted by Crippen LogP contribution is 2.11. The van der Waals surface area contributed by atoms with Crippen LogP contribution < -0.4 is 10.6 Å². The minimum atomic E-state index is -0.991. The molecule has 0 aliphatic rings. The first-order valence-corrected chi connectivity index (χ1v) is 9.27. The minimum Gasteiger partial charge on any atom is -0.452 e. The lowest BCUT2D eigenvalue weighted by atomic mass is 10.1. The van der Waals surface area contributed by atoms with Crippen LogP contribution in [-0.4, -0.2) is 36.2 Å². The summed E-state index contributed by atoms with van der Waals surface area (Å²) in [5.74, 6) is -1.33. The maximum Gasteiger partial charge on any atom is 0.308 e. The number of anilines is 1. The summed E-state index contributed by atoms with van der Waals surface area (Å²) in [6.07, 6.45) is -0.794. The zero-order valence-electron chi connectivity index (χ0n) is 16.4. The monoisotopic (exact) mass is 396 g/mol. The van der Waals surface area contributed by atoms with Crippen molar-refractivity contribution in [1.29, 1.82) is 0 Å². The summed E-state index contributed by atoms with van der Waals surface area (Å²) in [6.45, 7) is 3.05. The number of rotatable bonds is 9. The number of nitrogens with one attached hydrogen (secondary N) is 2. The number of hydrogen-bond donors (Lipinski definition) is 2. The second-order valence-electron chi connectivity index (χ2n) is 6.52. The van der Waals surface area contributed by atoms with Crippen LogP contribution in [0.1, 0.15) is 36.2 Å². The number of carbonyl (C=O) groups excluding carboxylic acids is 4. The molecule has 0 saturated heterocycles. The fourth-order valence-corrected chi connectivity index (χ4v) is 2.49. The van der Waals surface area contributed by atoms with Crippen molar-refractivity contribution in [3.63, 3.8) is 0 Å². The molecule has 0 radical (unpaired) electrons. The Hall–Kier alpha value is -3.48. The molecule has 29 heavy (non-hydrogen) atoms. The van der Waals surface area contributed by atoms with Crippen molar-refractivity contribution in [3.8, 4) is 0 Å². The number of esters is 1. The Morgan fingerprint density at radius 1 is 0.966 bits per heavy atom. The smallest absolute Gasteiger partial charge is 0.308 e. The van der Waals surface area contributed by atoms with Gasteiger partial charge in [0.2, 0.25) is 5.91 Å². The van der Waals surface area contributed by atoms with Gasteiger partial charge in [-0.15, -0.1) is 0 Å². The van der Waals surface area contributed by atoms with Crippen molar-refractivity contribution in [2.75, 3.05) is 11.9 Å². The molecule has 1 unspecified atom stereocenters. The van der Waals surface area contributed by atoms with Crippen molar-refractivity contribution in [2.45, 2.75) is 32.8 Å². The van der Waals surface area contributed by atoms with Gasteiger partial charge in [0, 0.05) is 17.8 Å². The predicted octanol–water partition coefficient (Wildman–Crippen LogP) is 2.51. The van der Waals surface area contributed by atoms with E-state index in [1.165, 1.54) is 13.8 Å². The molecule has 0 aromatic heterocycles. The Morgan fingerprint density at radius 2 is 1.62 bits per heavy atom. The molecule has 2 amide bonds. The first-order chi connectivity index (χ1) is 13.8. The third-order valence-electron chi connectivity index (χ3n) is 4.10. The van der Waals surface area contributed by atoms with Crippen LogP contribution in [0, 0.1) is 0 Å². The summed E-state index contributed by atoms with van der Waals surface area (Å²) in [6, 6.07) is 15.7. The maximum absolute atomic E-state index is 12.1. The number of hydrogen-bond acceptors (Lipinski definition) is 5. The molecule has 7 heteroatoms. The molecule has 0 aliphatic carbocycles. The van der Waals surface area contributed by atoms with Crippen LogP contribution in [0.5, 0.6) is 0 Å². The van der Waals surface area contributed by atoms with E-state index >= 15 is 0 Å². The fraction of sp³-hybridized carbons (Fsp3) is 0.273. The molecule has 0 spiro atoms. The first kappa shape index (κ1) is 21.8. The molecule has 2 rings (SSSR count). The quantitative estimate of drug-likeness (QED) is 0.501. The zero-order valence-corrected chi connectivity index (χ0v) is 16.4. The zero-order chi connectivity index (χ0) is 21.2. The molecule has 0 heterocycles. The van der Waals surface area contributed by atoms with Crippen LogP contribution in [-0.2, 0) is 25.5 Å². The Labute approximate surface area is 169 Å². The third-order valence-corrected chi connectivity index (χ3v) is 4.10. The molecule has 152 valence electrons. The average Bonchev–Trinajstić information content (AvgIpc) is 2.69. The number of benzene rings is 2. The van der Waals surface area contributed by atoms with E-state index < -0.39 is 18.0 Å². The summed E-state index contributed by atoms with van der Waals surface area (Å²) in [5.41, 5.74) is 1.92. The second kappa shape index (κ2) is 10.8. The van der Waals surface area contributed by atoms with Gasteiger partial charge in [-0.05, 0) is 43.7 Å². The molecular formula is C22H24N2O5. The Bertz CT molecular complexity index is 863. The number of ketones is 1. The lowest BCUT2D eigenvalue weighted by molar-refractivity contribution is -0.153. The van der Waals surface area contributed by atoms with Crippen molar-refractivity contribution >= 4 is 29.3 Å². The van der Waals surface area contributed by atoms with E-state index in [0.29, 0.717) is 11.3 Å². The van der Waals surface area contributed by atoms with Crippen LogP contribution in [0.25, 0.3) is 0 Å². The van der Waals surface area contributed by atoms with E-state index in [-0.39, 0.29) is 31.1 Å². The van der Waals surface area contributed by atoms with Crippen LogP contribution >= 0.6 is 0 Å². The molecule has 2 aromatic carbocycles. The van der Waals surface area contributed by atoms with Gasteiger partial charge in [0.25, 0.3) is 5.91 Å². The van der Waals surface area contributed by atoms with Crippen molar-refractivity contribution in [3.05, 3.63) is 65.7 Å². The number of amides is 2. The largest absolute Gasteiger partial charge is 0.452 e. The van der Waals surface area contributed by atoms with E-state index in [2.05, 4.69) is 10.6 Å². The van der Waals surface area contributed by atoms with Crippen LogP contribution in [0.4, 0.5) is 5.69 Å². The van der Waals surface area contributed by atoms with Crippen molar-refractivity contribution < 1.29 is 23.9 Å². The van der Waals surface area contributed by atoms with E-state index in [1.54, 1.807) is 24.3 Å². The SMILES string of the molecule is CC(=O)c1ccc(NC(=O)C(C)OC(=O)CCNC(=O)Cc2ccccc2)cc1. The van der Waals surface area contributed by atoms with Gasteiger partial charge in [0.05, 0.1) is 12.8 Å². The molecule has 1 atom stereocenters. The van der Waals surface area contributed by atoms with E-state index in [1.807, 2.05) is 30.3 Å². The number of ether oxygens (including phenoxy) is 1.